The van der Waals surface area contributed by atoms with Gasteiger partial charge in [-0.2, -0.15) is 0 Å². The summed E-state index contributed by atoms with van der Waals surface area (Å²) >= 11 is 6.36. The Labute approximate surface area is 127 Å². The van der Waals surface area contributed by atoms with Gasteiger partial charge >= 0.3 is 0 Å². The molecule has 20 heavy (non-hydrogen) atoms. The first-order chi connectivity index (χ1) is 9.53. The van der Waals surface area contributed by atoms with Gasteiger partial charge in [-0.3, -0.25) is 0 Å². The van der Waals surface area contributed by atoms with E-state index in [-0.39, 0.29) is 0 Å². The van der Waals surface area contributed by atoms with E-state index in [1.165, 1.54) is 12.8 Å². The number of nitrogens with one attached hydrogen (secondary N) is 1. The van der Waals surface area contributed by atoms with Crippen LogP contribution >= 0.6 is 11.6 Å². The van der Waals surface area contributed by atoms with Gasteiger partial charge in [0, 0.05) is 12.6 Å². The molecule has 4 heteroatoms. The quantitative estimate of drug-likeness (QED) is 0.777. The van der Waals surface area contributed by atoms with Gasteiger partial charge in [0.1, 0.15) is 0 Å². The molecule has 0 radical (unpaired) electrons. The zero-order valence-corrected chi connectivity index (χ0v) is 13.9. The predicted molar refractivity (Wildman–Crippen MR) is 84.9 cm³/mol. The highest BCUT2D eigenvalue weighted by molar-refractivity contribution is 6.33. The van der Waals surface area contributed by atoms with Gasteiger partial charge in [-0.05, 0) is 30.9 Å². The SMILES string of the molecule is CCC(C)CC(C)NCc1ccc(OC)c(OC)c1Cl. The number of hydrogen-bond acceptors (Lipinski definition) is 3. The summed E-state index contributed by atoms with van der Waals surface area (Å²) < 4.78 is 10.5. The van der Waals surface area contributed by atoms with Gasteiger partial charge in [-0.15, -0.1) is 0 Å². The summed E-state index contributed by atoms with van der Waals surface area (Å²) in [6, 6.07) is 4.34. The number of hydrogen-bond donors (Lipinski definition) is 1. The van der Waals surface area contributed by atoms with Gasteiger partial charge in [-0.25, -0.2) is 0 Å². The zero-order chi connectivity index (χ0) is 15.1. The van der Waals surface area contributed by atoms with E-state index in [9.17, 15) is 0 Å². The minimum Gasteiger partial charge on any atom is -0.493 e. The molecule has 0 heterocycles. The van der Waals surface area contributed by atoms with Gasteiger partial charge in [0.25, 0.3) is 0 Å². The lowest BCUT2D eigenvalue weighted by molar-refractivity contribution is 0.354. The van der Waals surface area contributed by atoms with Crippen molar-refractivity contribution in [3.63, 3.8) is 0 Å². The molecule has 0 spiro atoms. The third-order valence-corrected chi connectivity index (χ3v) is 4.07. The van der Waals surface area contributed by atoms with Crippen LogP contribution in [0.15, 0.2) is 12.1 Å². The summed E-state index contributed by atoms with van der Waals surface area (Å²) in [7, 11) is 3.22. The molecule has 2 unspecified atom stereocenters. The Balaban J connectivity index is 2.69. The van der Waals surface area contributed by atoms with Crippen molar-refractivity contribution in [1.29, 1.82) is 0 Å². The van der Waals surface area contributed by atoms with Crippen LogP contribution in [0, 0.1) is 5.92 Å². The van der Waals surface area contributed by atoms with Crippen LogP contribution in [0.4, 0.5) is 0 Å². The lowest BCUT2D eigenvalue weighted by Crippen LogP contribution is -2.27. The van der Waals surface area contributed by atoms with Crippen molar-refractivity contribution < 1.29 is 9.47 Å². The summed E-state index contributed by atoms with van der Waals surface area (Å²) in [6.07, 6.45) is 2.38. The average molecular weight is 300 g/mol. The summed E-state index contributed by atoms with van der Waals surface area (Å²) in [4.78, 5) is 0. The maximum absolute atomic E-state index is 6.36. The third-order valence-electron chi connectivity index (χ3n) is 3.66. The fourth-order valence-electron chi connectivity index (χ4n) is 2.20. The van der Waals surface area contributed by atoms with E-state index in [0.717, 1.165) is 18.0 Å². The predicted octanol–water partition coefficient (Wildman–Crippen LogP) is 4.27. The van der Waals surface area contributed by atoms with Crippen LogP contribution in [0.25, 0.3) is 0 Å². The normalized spacial score (nSPS) is 13.9. The standard InChI is InChI=1S/C16H26ClNO2/c1-6-11(2)9-12(3)18-10-13-7-8-14(19-4)16(20-5)15(13)17/h7-8,11-12,18H,6,9-10H2,1-5H3. The Bertz CT molecular complexity index is 423. The topological polar surface area (TPSA) is 30.5 Å². The lowest BCUT2D eigenvalue weighted by atomic mass is 10.0. The molecule has 0 bridgehead atoms. The van der Waals surface area contributed by atoms with Gasteiger partial charge in [0.15, 0.2) is 11.5 Å². The fraction of sp³-hybridized carbons (Fsp3) is 0.625. The number of benzene rings is 1. The van der Waals surface area contributed by atoms with Crippen LogP contribution in [0.5, 0.6) is 11.5 Å². The molecule has 114 valence electrons. The summed E-state index contributed by atoms with van der Waals surface area (Å²) in [5, 5.41) is 4.13. The first-order valence-electron chi connectivity index (χ1n) is 7.16. The van der Waals surface area contributed by atoms with Crippen LogP contribution in [0.1, 0.15) is 39.2 Å². The molecule has 2 atom stereocenters. The molecular formula is C16H26ClNO2. The maximum Gasteiger partial charge on any atom is 0.179 e. The zero-order valence-electron chi connectivity index (χ0n) is 13.1. The van der Waals surface area contributed by atoms with E-state index < -0.39 is 0 Å². The van der Waals surface area contributed by atoms with E-state index in [1.807, 2.05) is 12.1 Å². The molecule has 0 saturated carbocycles. The largest absolute Gasteiger partial charge is 0.493 e. The first-order valence-corrected chi connectivity index (χ1v) is 7.53. The van der Waals surface area contributed by atoms with Gasteiger partial charge in [0.05, 0.1) is 19.2 Å². The number of rotatable bonds is 8. The first kappa shape index (κ1) is 17.1. The van der Waals surface area contributed by atoms with Crippen molar-refractivity contribution >= 4 is 11.6 Å². The molecule has 0 aliphatic heterocycles. The van der Waals surface area contributed by atoms with E-state index in [1.54, 1.807) is 14.2 Å². The molecule has 0 amide bonds. The highest BCUT2D eigenvalue weighted by Gasteiger charge is 2.14. The van der Waals surface area contributed by atoms with Crippen molar-refractivity contribution in [3.05, 3.63) is 22.7 Å². The average Bonchev–Trinajstić information content (AvgIpc) is 2.45. The second-order valence-corrected chi connectivity index (χ2v) is 5.68. The van der Waals surface area contributed by atoms with Crippen LogP contribution in [0.2, 0.25) is 5.02 Å². The van der Waals surface area contributed by atoms with Crippen LogP contribution in [-0.2, 0) is 6.54 Å². The van der Waals surface area contributed by atoms with Crippen molar-refractivity contribution in [2.75, 3.05) is 14.2 Å². The van der Waals surface area contributed by atoms with Gasteiger partial charge in [0.2, 0.25) is 0 Å². The molecule has 0 saturated heterocycles. The Morgan fingerprint density at radius 2 is 1.90 bits per heavy atom. The summed E-state index contributed by atoms with van der Waals surface area (Å²) in [5.41, 5.74) is 1.03. The highest BCUT2D eigenvalue weighted by Crippen LogP contribution is 2.37. The van der Waals surface area contributed by atoms with Crippen LogP contribution in [-0.4, -0.2) is 20.3 Å². The Kier molecular flexibility index (Phi) is 7.17. The minimum atomic E-state index is 0.467. The molecule has 0 aliphatic rings. The summed E-state index contributed by atoms with van der Waals surface area (Å²) in [6.45, 7) is 7.45. The van der Waals surface area contributed by atoms with E-state index >= 15 is 0 Å². The minimum absolute atomic E-state index is 0.467. The lowest BCUT2D eigenvalue weighted by Gasteiger charge is -2.19. The molecule has 1 N–H and O–H groups in total. The molecule has 0 aliphatic carbocycles. The smallest absolute Gasteiger partial charge is 0.179 e. The second kappa shape index (κ2) is 8.38. The van der Waals surface area contributed by atoms with Crippen molar-refractivity contribution in [3.8, 4) is 11.5 Å². The van der Waals surface area contributed by atoms with E-state index in [0.29, 0.717) is 22.6 Å². The molecule has 3 nitrogen and oxygen atoms in total. The third kappa shape index (κ3) is 4.57. The molecular weight excluding hydrogens is 274 g/mol. The molecule has 0 aromatic heterocycles. The molecule has 0 fully saturated rings. The van der Waals surface area contributed by atoms with Crippen LogP contribution < -0.4 is 14.8 Å². The highest BCUT2D eigenvalue weighted by atomic mass is 35.5. The van der Waals surface area contributed by atoms with Gasteiger partial charge in [-0.1, -0.05) is 37.9 Å². The van der Waals surface area contributed by atoms with E-state index in [4.69, 9.17) is 21.1 Å². The molecule has 1 aromatic carbocycles. The molecule has 1 rings (SSSR count). The Morgan fingerprint density at radius 3 is 2.45 bits per heavy atom. The fourth-order valence-corrected chi connectivity index (χ4v) is 2.50. The second-order valence-electron chi connectivity index (χ2n) is 5.31. The summed E-state index contributed by atoms with van der Waals surface area (Å²) in [5.74, 6) is 2.00. The van der Waals surface area contributed by atoms with Crippen molar-refractivity contribution in [2.45, 2.75) is 46.2 Å². The Hall–Kier alpha value is -0.930. The monoisotopic (exact) mass is 299 g/mol. The Morgan fingerprint density at radius 1 is 1.20 bits per heavy atom. The maximum atomic E-state index is 6.36. The van der Waals surface area contributed by atoms with Crippen molar-refractivity contribution in [1.82, 2.24) is 5.32 Å². The van der Waals surface area contributed by atoms with Gasteiger partial charge < -0.3 is 14.8 Å². The van der Waals surface area contributed by atoms with Crippen molar-refractivity contribution in [2.24, 2.45) is 5.92 Å². The number of halogens is 1. The molecule has 1 aromatic rings. The number of ether oxygens (including phenoxy) is 2. The van der Waals surface area contributed by atoms with E-state index in [2.05, 4.69) is 26.1 Å². The van der Waals surface area contributed by atoms with Crippen LogP contribution in [0.3, 0.4) is 0 Å². The number of methoxy groups -OCH3 is 2.